The van der Waals surface area contributed by atoms with Crippen molar-refractivity contribution in [3.05, 3.63) is 65.0 Å². The number of aromatic nitrogens is 2. The smallest absolute Gasteiger partial charge is 0.337 e. The van der Waals surface area contributed by atoms with Gasteiger partial charge >= 0.3 is 5.97 Å². The van der Waals surface area contributed by atoms with E-state index in [1.807, 2.05) is 58.2 Å². The molecule has 2 aliphatic rings. The van der Waals surface area contributed by atoms with E-state index in [9.17, 15) is 9.90 Å². The number of ether oxygens (including phenoxy) is 2. The highest BCUT2D eigenvalue weighted by molar-refractivity contribution is 6.08. The third-order valence-corrected chi connectivity index (χ3v) is 7.05. The highest BCUT2D eigenvalue weighted by atomic mass is 16.5. The molecule has 6 nitrogen and oxygen atoms in total. The van der Waals surface area contributed by atoms with Gasteiger partial charge in [0.1, 0.15) is 5.75 Å². The van der Waals surface area contributed by atoms with Gasteiger partial charge in [-0.25, -0.2) is 4.79 Å². The van der Waals surface area contributed by atoms with Crippen molar-refractivity contribution in [3.63, 3.8) is 0 Å². The number of aliphatic carboxylic acids is 1. The Morgan fingerprint density at radius 2 is 1.97 bits per heavy atom. The molecular weight excluding hydrogens is 452 g/mol. The zero-order valence-corrected chi connectivity index (χ0v) is 21.1. The number of nitrogens with zero attached hydrogens (tertiary/aromatic N) is 2. The maximum absolute atomic E-state index is 12.7. The summed E-state index contributed by atoms with van der Waals surface area (Å²) in [6.07, 6.45) is 3.84. The Morgan fingerprint density at radius 3 is 2.69 bits per heavy atom. The molecule has 184 valence electrons. The van der Waals surface area contributed by atoms with Gasteiger partial charge in [-0.2, -0.15) is 0 Å². The fourth-order valence-electron chi connectivity index (χ4n) is 5.36. The molecule has 2 aromatic carbocycles. The van der Waals surface area contributed by atoms with Crippen molar-refractivity contribution >= 4 is 27.8 Å². The lowest BCUT2D eigenvalue weighted by molar-refractivity contribution is -0.160. The van der Waals surface area contributed by atoms with Crippen molar-refractivity contribution in [1.29, 1.82) is 0 Å². The molecule has 0 saturated heterocycles. The van der Waals surface area contributed by atoms with Crippen molar-refractivity contribution < 1.29 is 19.4 Å². The molecule has 3 heterocycles. The van der Waals surface area contributed by atoms with Crippen LogP contribution < -0.4 is 4.74 Å². The first-order valence-electron chi connectivity index (χ1n) is 12.6. The summed E-state index contributed by atoms with van der Waals surface area (Å²) in [5, 5.41) is 12.3. The molecule has 6 rings (SSSR count). The number of carbonyl (C=O) groups is 1. The van der Waals surface area contributed by atoms with Crippen molar-refractivity contribution in [2.24, 2.45) is 0 Å². The average Bonchev–Trinajstić information content (AvgIpc) is 3.67. The largest absolute Gasteiger partial charge is 0.493 e. The van der Waals surface area contributed by atoms with Crippen LogP contribution in [0.2, 0.25) is 0 Å². The van der Waals surface area contributed by atoms with Crippen LogP contribution in [0.4, 0.5) is 0 Å². The topological polar surface area (TPSA) is 81.5 Å². The van der Waals surface area contributed by atoms with Crippen LogP contribution in [0.5, 0.6) is 5.75 Å². The lowest BCUT2D eigenvalue weighted by Gasteiger charge is -2.29. The van der Waals surface area contributed by atoms with Crippen LogP contribution in [-0.2, 0) is 16.0 Å². The van der Waals surface area contributed by atoms with Gasteiger partial charge in [-0.3, -0.25) is 9.97 Å². The van der Waals surface area contributed by atoms with Gasteiger partial charge in [0.05, 0.1) is 23.2 Å². The SMILES string of the molecule is Cc1cc2nc(C3CC3)ccc2c(-c2ccc3c4c(ccnc24)CCO3)c1C(OC(C)(C)C)C(=O)O. The van der Waals surface area contributed by atoms with Crippen LogP contribution in [0.1, 0.15) is 68.0 Å². The lowest BCUT2D eigenvalue weighted by Crippen LogP contribution is -2.28. The first-order valence-corrected chi connectivity index (χ1v) is 12.6. The number of pyridine rings is 2. The summed E-state index contributed by atoms with van der Waals surface area (Å²) in [4.78, 5) is 22.4. The molecule has 2 aromatic heterocycles. The third-order valence-electron chi connectivity index (χ3n) is 7.05. The third kappa shape index (κ3) is 3.90. The number of rotatable bonds is 5. The summed E-state index contributed by atoms with van der Waals surface area (Å²) in [7, 11) is 0. The van der Waals surface area contributed by atoms with Gasteiger partial charge in [0, 0.05) is 46.1 Å². The van der Waals surface area contributed by atoms with Crippen molar-refractivity contribution in [3.8, 4) is 16.9 Å². The van der Waals surface area contributed by atoms with E-state index in [2.05, 4.69) is 12.1 Å². The minimum Gasteiger partial charge on any atom is -0.493 e. The second kappa shape index (κ2) is 8.27. The number of fused-ring (bicyclic) bond motifs is 1. The Labute approximate surface area is 210 Å². The summed E-state index contributed by atoms with van der Waals surface area (Å²) in [6.45, 7) is 8.23. The molecule has 1 unspecified atom stereocenters. The highest BCUT2D eigenvalue weighted by Crippen LogP contribution is 2.46. The zero-order valence-electron chi connectivity index (χ0n) is 21.1. The average molecular weight is 483 g/mol. The van der Waals surface area contributed by atoms with Crippen molar-refractivity contribution in [2.75, 3.05) is 6.61 Å². The van der Waals surface area contributed by atoms with E-state index in [1.165, 1.54) is 18.4 Å². The molecule has 0 amide bonds. The molecule has 36 heavy (non-hydrogen) atoms. The Balaban J connectivity index is 1.70. The Morgan fingerprint density at radius 1 is 1.17 bits per heavy atom. The van der Waals surface area contributed by atoms with Gasteiger partial charge in [0.2, 0.25) is 0 Å². The predicted octanol–water partition coefficient (Wildman–Crippen LogP) is 6.51. The Bertz CT molecular complexity index is 1520. The number of hydrogen-bond acceptors (Lipinski definition) is 5. The molecule has 0 bridgehead atoms. The maximum Gasteiger partial charge on any atom is 0.337 e. The number of benzene rings is 2. The van der Waals surface area contributed by atoms with Crippen LogP contribution in [0.15, 0.2) is 42.6 Å². The summed E-state index contributed by atoms with van der Waals surface area (Å²) < 4.78 is 12.1. The monoisotopic (exact) mass is 482 g/mol. The number of hydrogen-bond donors (Lipinski definition) is 1. The molecule has 1 atom stereocenters. The summed E-state index contributed by atoms with van der Waals surface area (Å²) in [5.41, 5.74) is 6.49. The van der Waals surface area contributed by atoms with Gasteiger partial charge in [-0.1, -0.05) is 6.07 Å². The summed E-state index contributed by atoms with van der Waals surface area (Å²) in [6, 6.07) is 12.2. The molecule has 4 aromatic rings. The molecule has 6 heteroatoms. The summed E-state index contributed by atoms with van der Waals surface area (Å²) in [5.74, 6) is 0.319. The normalized spacial score (nSPS) is 16.2. The van der Waals surface area contributed by atoms with E-state index in [-0.39, 0.29) is 0 Å². The van der Waals surface area contributed by atoms with E-state index < -0.39 is 17.7 Å². The fourth-order valence-corrected chi connectivity index (χ4v) is 5.36. The Hall–Kier alpha value is -3.51. The highest BCUT2D eigenvalue weighted by Gasteiger charge is 2.33. The van der Waals surface area contributed by atoms with E-state index in [1.54, 1.807) is 0 Å². The van der Waals surface area contributed by atoms with E-state index in [0.717, 1.165) is 56.4 Å². The fraction of sp³-hybridized carbons (Fsp3) is 0.367. The number of carboxylic acids is 1. The second-order valence-electron chi connectivity index (χ2n) is 10.9. The molecule has 1 aliphatic heterocycles. The van der Waals surface area contributed by atoms with E-state index in [0.29, 0.717) is 18.1 Å². The first kappa shape index (κ1) is 22.9. The second-order valence-corrected chi connectivity index (χ2v) is 10.9. The number of carboxylic acid groups (broad SMARTS) is 1. The van der Waals surface area contributed by atoms with E-state index >= 15 is 0 Å². The minimum absolute atomic E-state index is 0.521. The molecule has 1 aliphatic carbocycles. The predicted molar refractivity (Wildman–Crippen MR) is 140 cm³/mol. The van der Waals surface area contributed by atoms with Crippen LogP contribution in [0, 0.1) is 6.92 Å². The Kier molecular flexibility index (Phi) is 5.27. The minimum atomic E-state index is -1.14. The van der Waals surface area contributed by atoms with Crippen LogP contribution in [-0.4, -0.2) is 33.3 Å². The quantitative estimate of drug-likeness (QED) is 0.349. The van der Waals surface area contributed by atoms with Gasteiger partial charge in [-0.15, -0.1) is 0 Å². The molecule has 1 N–H and O–H groups in total. The molecule has 1 saturated carbocycles. The molecule has 1 fully saturated rings. The summed E-state index contributed by atoms with van der Waals surface area (Å²) >= 11 is 0. The number of aryl methyl sites for hydroxylation is 1. The van der Waals surface area contributed by atoms with Gasteiger partial charge in [0.25, 0.3) is 0 Å². The first-order chi connectivity index (χ1) is 17.2. The molecule has 0 radical (unpaired) electrons. The van der Waals surface area contributed by atoms with Crippen LogP contribution in [0.3, 0.4) is 0 Å². The zero-order chi connectivity index (χ0) is 25.2. The molecule has 0 spiro atoms. The van der Waals surface area contributed by atoms with Crippen LogP contribution >= 0.6 is 0 Å². The van der Waals surface area contributed by atoms with Gasteiger partial charge in [-0.05, 0) is 87.6 Å². The van der Waals surface area contributed by atoms with Crippen molar-refractivity contribution in [2.45, 2.75) is 64.6 Å². The lowest BCUT2D eigenvalue weighted by atomic mass is 9.86. The van der Waals surface area contributed by atoms with Gasteiger partial charge < -0.3 is 14.6 Å². The maximum atomic E-state index is 12.7. The standard InChI is InChI=1S/C30H30N2O4/c1-16-15-22-19(7-9-21(32-22)17-5-6-17)26(24(16)28(29(33)34)36-30(2,3)4)20-8-10-23-25-18(12-14-35-23)11-13-31-27(20)25/h7-11,13,15,17,28H,5-6,12,14H2,1-4H3,(H,33,34). The molecular formula is C30H30N2O4. The van der Waals surface area contributed by atoms with E-state index in [4.69, 9.17) is 19.4 Å². The van der Waals surface area contributed by atoms with Crippen molar-refractivity contribution in [1.82, 2.24) is 9.97 Å². The van der Waals surface area contributed by atoms with Crippen LogP contribution in [0.25, 0.3) is 32.9 Å². The van der Waals surface area contributed by atoms with Gasteiger partial charge in [0.15, 0.2) is 6.10 Å².